The van der Waals surface area contributed by atoms with Crippen LogP contribution in [0.3, 0.4) is 0 Å². The van der Waals surface area contributed by atoms with E-state index in [9.17, 15) is 18.3 Å². The number of H-pyrrole nitrogens is 1. The Morgan fingerprint density at radius 2 is 2.00 bits per heavy atom. The number of para-hydroxylation sites is 1. The average molecular weight is 401 g/mol. The highest BCUT2D eigenvalue weighted by molar-refractivity contribution is 7.89. The summed E-state index contributed by atoms with van der Waals surface area (Å²) in [6.07, 6.45) is 1.61. The molecule has 0 aliphatic heterocycles. The first-order chi connectivity index (χ1) is 13.0. The number of hydrogen-bond donors (Lipinski definition) is 2. The van der Waals surface area contributed by atoms with E-state index in [4.69, 9.17) is 0 Å². The SMILES string of the molecule is O=C([O-])[C@H](Cc1c[nH]c2ccccc12)NS(=O)(=O)c1cccc2nsnc12. The Hall–Kier alpha value is -2.82. The zero-order valence-electron chi connectivity index (χ0n) is 13.7. The number of carboxylic acids is 1. The Balaban J connectivity index is 1.67. The molecule has 1 atom stereocenters. The van der Waals surface area contributed by atoms with Crippen molar-refractivity contribution in [2.75, 3.05) is 0 Å². The van der Waals surface area contributed by atoms with Crippen molar-refractivity contribution in [1.29, 1.82) is 0 Å². The smallest absolute Gasteiger partial charge is 0.243 e. The fourth-order valence-corrected chi connectivity index (χ4v) is 4.89. The highest BCUT2D eigenvalue weighted by Gasteiger charge is 2.25. The minimum atomic E-state index is -4.13. The zero-order valence-corrected chi connectivity index (χ0v) is 15.4. The van der Waals surface area contributed by atoms with Gasteiger partial charge in [0.05, 0.1) is 23.7 Å². The number of benzene rings is 2. The van der Waals surface area contributed by atoms with Gasteiger partial charge >= 0.3 is 0 Å². The van der Waals surface area contributed by atoms with Gasteiger partial charge in [0.15, 0.2) is 0 Å². The lowest BCUT2D eigenvalue weighted by Crippen LogP contribution is -2.49. The van der Waals surface area contributed by atoms with E-state index in [1.165, 1.54) is 12.1 Å². The Kier molecular flexibility index (Phi) is 4.38. The summed E-state index contributed by atoms with van der Waals surface area (Å²) in [5.41, 5.74) is 2.16. The van der Waals surface area contributed by atoms with Gasteiger partial charge in [-0.05, 0) is 30.2 Å². The molecule has 8 nitrogen and oxygen atoms in total. The number of aliphatic carboxylic acids is 1. The lowest BCUT2D eigenvalue weighted by Gasteiger charge is -2.19. The van der Waals surface area contributed by atoms with Crippen molar-refractivity contribution in [3.8, 4) is 0 Å². The van der Waals surface area contributed by atoms with Crippen molar-refractivity contribution in [3.05, 3.63) is 54.2 Å². The van der Waals surface area contributed by atoms with Crippen LogP contribution in [0.25, 0.3) is 21.9 Å². The van der Waals surface area contributed by atoms with Crippen LogP contribution in [0.15, 0.2) is 53.6 Å². The standard InChI is InChI=1S/C17H14N4O4S2/c22-17(23)14(8-10-9-18-12-5-2-1-4-11(10)12)21-27(24,25)15-7-3-6-13-16(15)20-26-19-13/h1-7,9,14,18,21H,8H2,(H,22,23)/p-1/t14-/m0/s1. The number of sulfonamides is 1. The number of carbonyl (C=O) groups is 1. The summed E-state index contributed by atoms with van der Waals surface area (Å²) in [6.45, 7) is 0. The maximum absolute atomic E-state index is 12.8. The lowest BCUT2D eigenvalue weighted by atomic mass is 10.1. The highest BCUT2D eigenvalue weighted by Crippen LogP contribution is 2.23. The molecular formula is C17H13N4O4S2-. The molecule has 0 aliphatic carbocycles. The summed E-state index contributed by atoms with van der Waals surface area (Å²) >= 11 is 0.889. The summed E-state index contributed by atoms with van der Waals surface area (Å²) in [5, 5.41) is 12.4. The molecule has 0 bridgehead atoms. The third kappa shape index (κ3) is 3.29. The normalized spacial score (nSPS) is 13.2. The summed E-state index contributed by atoms with van der Waals surface area (Å²) in [5.74, 6) is -1.51. The van der Waals surface area contributed by atoms with Crippen LogP contribution in [-0.2, 0) is 21.2 Å². The minimum Gasteiger partial charge on any atom is -0.548 e. The predicted octanol–water partition coefficient (Wildman–Crippen LogP) is 0.812. The van der Waals surface area contributed by atoms with Gasteiger partial charge in [0.2, 0.25) is 10.0 Å². The van der Waals surface area contributed by atoms with Crippen LogP contribution in [0.5, 0.6) is 0 Å². The summed E-state index contributed by atoms with van der Waals surface area (Å²) in [4.78, 5) is 14.5. The van der Waals surface area contributed by atoms with Gasteiger partial charge in [0.1, 0.15) is 15.9 Å². The second-order valence-electron chi connectivity index (χ2n) is 5.94. The molecule has 2 heterocycles. The number of carbonyl (C=O) groups excluding carboxylic acids is 1. The van der Waals surface area contributed by atoms with E-state index in [1.54, 1.807) is 12.3 Å². The predicted molar refractivity (Wildman–Crippen MR) is 98.5 cm³/mol. The van der Waals surface area contributed by atoms with Gasteiger partial charge in [0.25, 0.3) is 0 Å². The van der Waals surface area contributed by atoms with E-state index in [1.807, 2.05) is 24.3 Å². The van der Waals surface area contributed by atoms with E-state index >= 15 is 0 Å². The molecule has 0 unspecified atom stereocenters. The highest BCUT2D eigenvalue weighted by atomic mass is 32.2. The molecule has 27 heavy (non-hydrogen) atoms. The van der Waals surface area contributed by atoms with Crippen LogP contribution in [0.2, 0.25) is 0 Å². The molecule has 4 aromatic rings. The average Bonchev–Trinajstić information content (AvgIpc) is 3.27. The molecule has 0 aliphatic rings. The second kappa shape index (κ2) is 6.72. The molecule has 0 spiro atoms. The molecule has 10 heteroatoms. The lowest BCUT2D eigenvalue weighted by molar-refractivity contribution is -0.307. The third-order valence-corrected chi connectivity index (χ3v) is 6.27. The van der Waals surface area contributed by atoms with Crippen LogP contribution in [0.4, 0.5) is 0 Å². The van der Waals surface area contributed by atoms with Crippen LogP contribution in [0, 0.1) is 0 Å². The summed E-state index contributed by atoms with van der Waals surface area (Å²) in [7, 11) is -4.13. The molecule has 0 amide bonds. The van der Waals surface area contributed by atoms with Crippen molar-refractivity contribution >= 4 is 49.7 Å². The van der Waals surface area contributed by atoms with Gasteiger partial charge in [-0.2, -0.15) is 8.75 Å². The maximum atomic E-state index is 12.8. The fraction of sp³-hybridized carbons (Fsp3) is 0.118. The fourth-order valence-electron chi connectivity index (χ4n) is 2.94. The molecule has 2 aromatic heterocycles. The van der Waals surface area contributed by atoms with Crippen LogP contribution < -0.4 is 9.83 Å². The topological polar surface area (TPSA) is 128 Å². The van der Waals surface area contributed by atoms with E-state index in [-0.39, 0.29) is 16.8 Å². The number of fused-ring (bicyclic) bond motifs is 2. The first kappa shape index (κ1) is 17.6. The Labute approximate surface area is 158 Å². The number of aromatic nitrogens is 3. The monoisotopic (exact) mass is 401 g/mol. The van der Waals surface area contributed by atoms with E-state index < -0.39 is 22.0 Å². The van der Waals surface area contributed by atoms with Gasteiger partial charge < -0.3 is 14.9 Å². The number of rotatable bonds is 6. The van der Waals surface area contributed by atoms with Gasteiger partial charge in [-0.15, -0.1) is 0 Å². The van der Waals surface area contributed by atoms with Crippen molar-refractivity contribution < 1.29 is 18.3 Å². The van der Waals surface area contributed by atoms with E-state index in [0.29, 0.717) is 11.1 Å². The molecular weight excluding hydrogens is 388 g/mol. The van der Waals surface area contributed by atoms with Gasteiger partial charge in [-0.3, -0.25) is 0 Å². The largest absolute Gasteiger partial charge is 0.548 e. The summed E-state index contributed by atoms with van der Waals surface area (Å²) in [6, 6.07) is 10.5. The van der Waals surface area contributed by atoms with Crippen molar-refractivity contribution in [1.82, 2.24) is 18.5 Å². The molecule has 2 aromatic carbocycles. The number of nitrogens with zero attached hydrogens (tertiary/aromatic N) is 2. The van der Waals surface area contributed by atoms with Crippen molar-refractivity contribution in [2.45, 2.75) is 17.4 Å². The first-order valence-electron chi connectivity index (χ1n) is 7.95. The van der Waals surface area contributed by atoms with Gasteiger partial charge in [-0.1, -0.05) is 24.3 Å². The number of hydrogen-bond acceptors (Lipinski definition) is 7. The molecule has 0 radical (unpaired) electrons. The van der Waals surface area contributed by atoms with Crippen LogP contribution in [-0.4, -0.2) is 34.2 Å². The first-order valence-corrected chi connectivity index (χ1v) is 10.2. The molecule has 2 N–H and O–H groups in total. The van der Waals surface area contributed by atoms with Crippen LogP contribution >= 0.6 is 11.7 Å². The van der Waals surface area contributed by atoms with E-state index in [0.717, 1.165) is 22.6 Å². The van der Waals surface area contributed by atoms with E-state index in [2.05, 4.69) is 18.5 Å². The second-order valence-corrected chi connectivity index (χ2v) is 8.16. The number of aromatic amines is 1. The Morgan fingerprint density at radius 1 is 1.19 bits per heavy atom. The van der Waals surface area contributed by atoms with Crippen LogP contribution in [0.1, 0.15) is 5.56 Å². The molecule has 0 fully saturated rings. The Bertz CT molecular complexity index is 1250. The third-order valence-electron chi connectivity index (χ3n) is 4.22. The van der Waals surface area contributed by atoms with Crippen molar-refractivity contribution in [2.24, 2.45) is 0 Å². The van der Waals surface area contributed by atoms with Gasteiger partial charge in [-0.25, -0.2) is 13.1 Å². The molecule has 0 saturated heterocycles. The number of nitrogens with one attached hydrogen (secondary N) is 2. The maximum Gasteiger partial charge on any atom is 0.243 e. The van der Waals surface area contributed by atoms with Crippen molar-refractivity contribution in [3.63, 3.8) is 0 Å². The minimum absolute atomic E-state index is 0.0587. The zero-order chi connectivity index (χ0) is 19.0. The van der Waals surface area contributed by atoms with Gasteiger partial charge in [0, 0.05) is 17.1 Å². The summed E-state index contributed by atoms with van der Waals surface area (Å²) < 4.78 is 35.8. The molecule has 138 valence electrons. The molecule has 0 saturated carbocycles. The number of carboxylic acid groups (broad SMARTS) is 1. The quantitative estimate of drug-likeness (QED) is 0.492. The molecule has 4 rings (SSSR count). The Morgan fingerprint density at radius 3 is 2.81 bits per heavy atom.